The van der Waals surface area contributed by atoms with Gasteiger partial charge >= 0.3 is 5.97 Å². The molecule has 10 heteroatoms. The number of hydrogen-bond acceptors (Lipinski definition) is 8. The first-order valence-corrected chi connectivity index (χ1v) is 12.9. The van der Waals surface area contributed by atoms with Gasteiger partial charge in [-0.1, -0.05) is 13.3 Å². The lowest BCUT2D eigenvalue weighted by atomic mass is 10.0. The van der Waals surface area contributed by atoms with Crippen molar-refractivity contribution in [3.63, 3.8) is 0 Å². The van der Waals surface area contributed by atoms with Crippen molar-refractivity contribution in [1.82, 2.24) is 15.1 Å². The number of nitrogens with zero attached hydrogens (tertiary/aromatic N) is 3. The number of benzene rings is 1. The van der Waals surface area contributed by atoms with Gasteiger partial charge in [-0.3, -0.25) is 39.1 Å². The maximum absolute atomic E-state index is 13.1. The number of carbonyl (C=O) groups excluding carboxylic acids is 5. The molecule has 0 aliphatic carbocycles. The number of rotatable bonds is 10. The number of amides is 4. The molecule has 1 aromatic rings. The highest BCUT2D eigenvalue weighted by Gasteiger charge is 2.44. The third kappa shape index (κ3) is 5.75. The van der Waals surface area contributed by atoms with Crippen LogP contribution in [0.1, 0.15) is 72.6 Å². The summed E-state index contributed by atoms with van der Waals surface area (Å²) in [5.74, 6) is -2.09. The van der Waals surface area contributed by atoms with E-state index in [1.165, 1.54) is 0 Å². The summed E-state index contributed by atoms with van der Waals surface area (Å²) in [6.45, 7) is 6.81. The number of piperidine rings is 1. The van der Waals surface area contributed by atoms with Crippen LogP contribution in [0.4, 0.5) is 5.69 Å². The zero-order chi connectivity index (χ0) is 25.7. The molecule has 0 bridgehead atoms. The SMILES string of the molecule is CCCCOC(=O)CCCCN1CCN(c2ccc3c(c2)C(=O)N(C2CCC(=O)NC2=O)C3=O)CC1. The Hall–Kier alpha value is -3.27. The summed E-state index contributed by atoms with van der Waals surface area (Å²) < 4.78 is 5.19. The van der Waals surface area contributed by atoms with E-state index >= 15 is 0 Å². The standard InChI is InChI=1S/C26H34N4O6/c1-2-3-16-36-23(32)6-4-5-11-28-12-14-29(15-13-28)18-7-8-19-20(17-18)26(35)30(25(19)34)21-9-10-22(31)27-24(21)33/h7-8,17,21H,2-6,9-16H2,1H3,(H,27,31,33). The van der Waals surface area contributed by atoms with Crippen LogP contribution in [-0.2, 0) is 19.1 Å². The van der Waals surface area contributed by atoms with Crippen molar-refractivity contribution in [2.24, 2.45) is 0 Å². The number of ether oxygens (including phenoxy) is 1. The Morgan fingerprint density at radius 3 is 2.47 bits per heavy atom. The van der Waals surface area contributed by atoms with Crippen molar-refractivity contribution in [3.05, 3.63) is 29.3 Å². The number of anilines is 1. The molecule has 3 heterocycles. The highest BCUT2D eigenvalue weighted by molar-refractivity contribution is 6.23. The van der Waals surface area contributed by atoms with Crippen LogP contribution in [0.5, 0.6) is 0 Å². The van der Waals surface area contributed by atoms with E-state index in [-0.39, 0.29) is 24.7 Å². The third-order valence-electron chi connectivity index (χ3n) is 7.03. The molecule has 3 aliphatic rings. The van der Waals surface area contributed by atoms with Crippen LogP contribution in [-0.4, -0.2) is 84.8 Å². The zero-order valence-corrected chi connectivity index (χ0v) is 20.8. The van der Waals surface area contributed by atoms with Crippen molar-refractivity contribution < 1.29 is 28.7 Å². The van der Waals surface area contributed by atoms with Gasteiger partial charge in [0.15, 0.2) is 0 Å². The topological polar surface area (TPSA) is 116 Å². The summed E-state index contributed by atoms with van der Waals surface area (Å²) in [5, 5.41) is 2.22. The largest absolute Gasteiger partial charge is 0.466 e. The van der Waals surface area contributed by atoms with E-state index in [4.69, 9.17) is 4.74 Å². The van der Waals surface area contributed by atoms with E-state index in [0.717, 1.165) is 69.0 Å². The molecule has 10 nitrogen and oxygen atoms in total. The highest BCUT2D eigenvalue weighted by atomic mass is 16.5. The Kier molecular flexibility index (Phi) is 8.35. The third-order valence-corrected chi connectivity index (χ3v) is 7.03. The predicted molar refractivity (Wildman–Crippen MR) is 131 cm³/mol. The van der Waals surface area contributed by atoms with E-state index in [1.807, 2.05) is 6.07 Å². The minimum Gasteiger partial charge on any atom is -0.466 e. The number of piperazine rings is 1. The fourth-order valence-electron chi connectivity index (χ4n) is 4.89. The minimum absolute atomic E-state index is 0.0996. The Balaban J connectivity index is 1.27. The van der Waals surface area contributed by atoms with Crippen LogP contribution in [0, 0.1) is 0 Å². The van der Waals surface area contributed by atoms with E-state index in [2.05, 4.69) is 22.0 Å². The predicted octanol–water partition coefficient (Wildman–Crippen LogP) is 1.72. The number of imide groups is 2. The molecule has 1 atom stereocenters. The van der Waals surface area contributed by atoms with Crippen LogP contribution < -0.4 is 10.2 Å². The fraction of sp³-hybridized carbons (Fsp3) is 0.577. The second kappa shape index (κ2) is 11.6. The van der Waals surface area contributed by atoms with Gasteiger partial charge in [-0.2, -0.15) is 0 Å². The first kappa shape index (κ1) is 25.8. The van der Waals surface area contributed by atoms with Crippen LogP contribution in [0.3, 0.4) is 0 Å². The molecule has 1 aromatic carbocycles. The van der Waals surface area contributed by atoms with Crippen molar-refractivity contribution >= 4 is 35.3 Å². The summed E-state index contributed by atoms with van der Waals surface area (Å²) in [4.78, 5) is 66.9. The van der Waals surface area contributed by atoms with E-state index in [1.54, 1.807) is 12.1 Å². The smallest absolute Gasteiger partial charge is 0.305 e. The maximum Gasteiger partial charge on any atom is 0.305 e. The molecule has 0 radical (unpaired) electrons. The van der Waals surface area contributed by atoms with E-state index in [9.17, 15) is 24.0 Å². The maximum atomic E-state index is 13.1. The summed E-state index contributed by atoms with van der Waals surface area (Å²) in [5.41, 5.74) is 1.46. The molecular formula is C26H34N4O6. The minimum atomic E-state index is -0.958. The lowest BCUT2D eigenvalue weighted by Gasteiger charge is -2.36. The van der Waals surface area contributed by atoms with Crippen LogP contribution >= 0.6 is 0 Å². The number of esters is 1. The van der Waals surface area contributed by atoms with Gasteiger partial charge in [0, 0.05) is 44.7 Å². The molecule has 3 aliphatic heterocycles. The highest BCUT2D eigenvalue weighted by Crippen LogP contribution is 2.31. The van der Waals surface area contributed by atoms with Gasteiger partial charge in [-0.05, 0) is 50.4 Å². The van der Waals surface area contributed by atoms with E-state index < -0.39 is 23.8 Å². The summed E-state index contributed by atoms with van der Waals surface area (Å²) in [6.07, 6.45) is 4.38. The number of carbonyl (C=O) groups is 5. The molecule has 2 saturated heterocycles. The summed E-state index contributed by atoms with van der Waals surface area (Å²) in [7, 11) is 0. The molecule has 36 heavy (non-hydrogen) atoms. The van der Waals surface area contributed by atoms with Crippen LogP contribution in [0.2, 0.25) is 0 Å². The average molecular weight is 499 g/mol. The molecule has 4 amide bonds. The average Bonchev–Trinajstić information content (AvgIpc) is 3.12. The molecule has 194 valence electrons. The van der Waals surface area contributed by atoms with Gasteiger partial charge < -0.3 is 9.64 Å². The van der Waals surface area contributed by atoms with Gasteiger partial charge in [0.1, 0.15) is 6.04 Å². The normalized spacial score (nSPS) is 20.5. The summed E-state index contributed by atoms with van der Waals surface area (Å²) in [6, 6.07) is 4.28. The Labute approximate surface area is 210 Å². The molecule has 1 unspecified atom stereocenters. The first-order valence-electron chi connectivity index (χ1n) is 12.9. The molecule has 0 aromatic heterocycles. The Morgan fingerprint density at radius 2 is 1.75 bits per heavy atom. The Morgan fingerprint density at radius 1 is 1.00 bits per heavy atom. The fourth-order valence-corrected chi connectivity index (χ4v) is 4.89. The molecule has 2 fully saturated rings. The molecule has 4 rings (SSSR count). The lowest BCUT2D eigenvalue weighted by Crippen LogP contribution is -2.54. The number of nitrogens with one attached hydrogen (secondary N) is 1. The van der Waals surface area contributed by atoms with Crippen molar-refractivity contribution in [3.8, 4) is 0 Å². The number of unbranched alkanes of at least 4 members (excludes halogenated alkanes) is 2. The lowest BCUT2D eigenvalue weighted by molar-refractivity contribution is -0.144. The molecule has 0 spiro atoms. The van der Waals surface area contributed by atoms with Gasteiger partial charge in [0.2, 0.25) is 11.8 Å². The molecule has 1 N–H and O–H groups in total. The second-order valence-corrected chi connectivity index (χ2v) is 9.54. The van der Waals surface area contributed by atoms with Crippen LogP contribution in [0.25, 0.3) is 0 Å². The molecule has 0 saturated carbocycles. The summed E-state index contributed by atoms with van der Waals surface area (Å²) >= 11 is 0. The van der Waals surface area contributed by atoms with E-state index in [0.29, 0.717) is 24.2 Å². The molecular weight excluding hydrogens is 464 g/mol. The number of hydrogen-bond donors (Lipinski definition) is 1. The van der Waals surface area contributed by atoms with Crippen molar-refractivity contribution in [2.75, 3.05) is 44.2 Å². The Bertz CT molecular complexity index is 1030. The van der Waals surface area contributed by atoms with Crippen molar-refractivity contribution in [1.29, 1.82) is 0 Å². The quantitative estimate of drug-likeness (QED) is 0.295. The number of fused-ring (bicyclic) bond motifs is 1. The monoisotopic (exact) mass is 498 g/mol. The van der Waals surface area contributed by atoms with Crippen LogP contribution in [0.15, 0.2) is 18.2 Å². The van der Waals surface area contributed by atoms with Gasteiger partial charge in [0.25, 0.3) is 11.8 Å². The van der Waals surface area contributed by atoms with Gasteiger partial charge in [0.05, 0.1) is 17.7 Å². The van der Waals surface area contributed by atoms with Gasteiger partial charge in [-0.25, -0.2) is 0 Å². The van der Waals surface area contributed by atoms with Crippen molar-refractivity contribution in [2.45, 2.75) is 57.9 Å². The zero-order valence-electron chi connectivity index (χ0n) is 20.8. The first-order chi connectivity index (χ1) is 17.4. The van der Waals surface area contributed by atoms with Gasteiger partial charge in [-0.15, -0.1) is 0 Å². The second-order valence-electron chi connectivity index (χ2n) is 9.54.